The first-order chi connectivity index (χ1) is 12.6. The molecule has 1 aliphatic heterocycles. The highest BCUT2D eigenvalue weighted by molar-refractivity contribution is 7.89. The lowest BCUT2D eigenvalue weighted by Crippen LogP contribution is -2.50. The van der Waals surface area contributed by atoms with Gasteiger partial charge in [0.2, 0.25) is 10.0 Å². The number of hydrogen-bond acceptors (Lipinski definition) is 3. The summed E-state index contributed by atoms with van der Waals surface area (Å²) in [5, 5.41) is 0.473. The Kier molecular flexibility index (Phi) is 5.38. The van der Waals surface area contributed by atoms with Gasteiger partial charge in [0.1, 0.15) is 5.69 Å². The highest BCUT2D eigenvalue weighted by atomic mass is 35.5. The van der Waals surface area contributed by atoms with Gasteiger partial charge in [0.25, 0.3) is 5.91 Å². The predicted octanol–water partition coefficient (Wildman–Crippen LogP) is 3.05. The summed E-state index contributed by atoms with van der Waals surface area (Å²) in [6.45, 7) is 8.79. The molecule has 1 aromatic heterocycles. The molecule has 2 aromatic rings. The lowest BCUT2D eigenvalue weighted by Gasteiger charge is -2.34. The maximum Gasteiger partial charge on any atom is 0.270 e. The van der Waals surface area contributed by atoms with Crippen molar-refractivity contribution in [3.8, 4) is 0 Å². The van der Waals surface area contributed by atoms with E-state index in [1.165, 1.54) is 4.31 Å². The Bertz CT molecular complexity index is 964. The summed E-state index contributed by atoms with van der Waals surface area (Å²) in [7, 11) is -3.61. The summed E-state index contributed by atoms with van der Waals surface area (Å²) < 4.78 is 28.0. The quantitative estimate of drug-likeness (QED) is 0.846. The number of aromatic amines is 1. The third-order valence-electron chi connectivity index (χ3n) is 5.30. The van der Waals surface area contributed by atoms with E-state index < -0.39 is 10.0 Å². The fourth-order valence-electron chi connectivity index (χ4n) is 3.49. The molecule has 8 heteroatoms. The maximum absolute atomic E-state index is 13.3. The molecule has 0 aliphatic carbocycles. The molecule has 1 fully saturated rings. The molecule has 1 N–H and O–H groups in total. The highest BCUT2D eigenvalue weighted by Crippen LogP contribution is 2.29. The van der Waals surface area contributed by atoms with E-state index in [2.05, 4.69) is 4.98 Å². The van der Waals surface area contributed by atoms with E-state index in [0.717, 1.165) is 22.3 Å². The number of halogens is 1. The number of sulfonamides is 1. The molecular formula is C19H24ClN3O3S. The van der Waals surface area contributed by atoms with Crippen LogP contribution in [0.4, 0.5) is 0 Å². The second-order valence-electron chi connectivity index (χ2n) is 7.02. The molecule has 146 valence electrons. The zero-order valence-electron chi connectivity index (χ0n) is 16.0. The molecule has 2 heterocycles. The van der Waals surface area contributed by atoms with Gasteiger partial charge < -0.3 is 9.88 Å². The first-order valence-corrected chi connectivity index (χ1v) is 10.7. The lowest BCUT2D eigenvalue weighted by molar-refractivity contribution is 0.0692. The van der Waals surface area contributed by atoms with Crippen LogP contribution < -0.4 is 0 Å². The Morgan fingerprint density at radius 1 is 1.00 bits per heavy atom. The summed E-state index contributed by atoms with van der Waals surface area (Å²) in [6, 6.07) is 3.59. The van der Waals surface area contributed by atoms with Gasteiger partial charge in [0.15, 0.2) is 0 Å². The van der Waals surface area contributed by atoms with Crippen LogP contribution in [-0.2, 0) is 10.0 Å². The zero-order chi connectivity index (χ0) is 19.9. The van der Waals surface area contributed by atoms with Crippen molar-refractivity contribution in [1.29, 1.82) is 0 Å². The number of piperazine rings is 1. The van der Waals surface area contributed by atoms with Gasteiger partial charge in [-0.1, -0.05) is 17.7 Å². The number of H-pyrrole nitrogens is 1. The standard InChI is InChI=1S/C19H24ClN3O3S/c1-12-9-13(2)15(4)18(14(12)3)27(25,26)23-7-5-22(6-8-23)19(24)17-10-16(20)11-21-17/h9-11,21H,5-8H2,1-4H3. The number of carbonyl (C=O) groups is 1. The van der Waals surface area contributed by atoms with Crippen molar-refractivity contribution >= 4 is 27.5 Å². The molecule has 6 nitrogen and oxygen atoms in total. The van der Waals surface area contributed by atoms with Crippen LogP contribution >= 0.6 is 11.6 Å². The number of carbonyl (C=O) groups excluding carboxylic acids is 1. The van der Waals surface area contributed by atoms with Crippen LogP contribution in [0.25, 0.3) is 0 Å². The van der Waals surface area contributed by atoms with E-state index in [-0.39, 0.29) is 19.0 Å². The Morgan fingerprint density at radius 2 is 1.56 bits per heavy atom. The van der Waals surface area contributed by atoms with Crippen LogP contribution in [0, 0.1) is 27.7 Å². The van der Waals surface area contributed by atoms with Gasteiger partial charge in [-0.25, -0.2) is 8.42 Å². The van der Waals surface area contributed by atoms with Gasteiger partial charge in [0, 0.05) is 32.4 Å². The summed E-state index contributed by atoms with van der Waals surface area (Å²) in [6.07, 6.45) is 1.56. The molecule has 1 aromatic carbocycles. The van der Waals surface area contributed by atoms with Crippen molar-refractivity contribution in [1.82, 2.24) is 14.2 Å². The van der Waals surface area contributed by atoms with Gasteiger partial charge in [-0.2, -0.15) is 4.31 Å². The molecule has 0 saturated carbocycles. The van der Waals surface area contributed by atoms with E-state index in [1.54, 1.807) is 17.2 Å². The van der Waals surface area contributed by atoms with E-state index >= 15 is 0 Å². The number of nitrogens with zero attached hydrogens (tertiary/aromatic N) is 2. The van der Waals surface area contributed by atoms with E-state index in [1.807, 2.05) is 33.8 Å². The van der Waals surface area contributed by atoms with Crippen LogP contribution in [-0.4, -0.2) is 54.7 Å². The molecule has 0 radical (unpaired) electrons. The average molecular weight is 410 g/mol. The fraction of sp³-hybridized carbons (Fsp3) is 0.421. The maximum atomic E-state index is 13.3. The van der Waals surface area contributed by atoms with Crippen molar-refractivity contribution in [3.63, 3.8) is 0 Å². The Morgan fingerprint density at radius 3 is 2.04 bits per heavy atom. The monoisotopic (exact) mass is 409 g/mol. The van der Waals surface area contributed by atoms with Gasteiger partial charge >= 0.3 is 0 Å². The topological polar surface area (TPSA) is 73.5 Å². The van der Waals surface area contributed by atoms with Gasteiger partial charge in [-0.3, -0.25) is 4.79 Å². The summed E-state index contributed by atoms with van der Waals surface area (Å²) in [4.78, 5) is 17.4. The Balaban J connectivity index is 1.81. The Labute approximate surface area is 165 Å². The smallest absolute Gasteiger partial charge is 0.270 e. The average Bonchev–Trinajstić information content (AvgIpc) is 3.06. The van der Waals surface area contributed by atoms with Gasteiger partial charge in [-0.15, -0.1) is 0 Å². The minimum absolute atomic E-state index is 0.169. The first kappa shape index (κ1) is 19.9. The number of nitrogens with one attached hydrogen (secondary N) is 1. The molecular weight excluding hydrogens is 386 g/mol. The van der Waals surface area contributed by atoms with Crippen molar-refractivity contribution in [2.24, 2.45) is 0 Å². The van der Waals surface area contributed by atoms with Crippen LogP contribution in [0.15, 0.2) is 23.2 Å². The van der Waals surface area contributed by atoms with Crippen LogP contribution in [0.5, 0.6) is 0 Å². The molecule has 3 rings (SSSR count). The molecule has 1 saturated heterocycles. The normalized spacial score (nSPS) is 16.0. The van der Waals surface area contributed by atoms with E-state index in [4.69, 9.17) is 11.6 Å². The van der Waals surface area contributed by atoms with Crippen molar-refractivity contribution in [2.45, 2.75) is 32.6 Å². The van der Waals surface area contributed by atoms with Crippen molar-refractivity contribution in [2.75, 3.05) is 26.2 Å². The third kappa shape index (κ3) is 3.63. The fourth-order valence-corrected chi connectivity index (χ4v) is 5.65. The Hall–Kier alpha value is -1.83. The molecule has 0 unspecified atom stereocenters. The number of amides is 1. The van der Waals surface area contributed by atoms with Crippen LogP contribution in [0.2, 0.25) is 5.02 Å². The van der Waals surface area contributed by atoms with Gasteiger partial charge in [-0.05, 0) is 56.0 Å². The highest BCUT2D eigenvalue weighted by Gasteiger charge is 2.33. The SMILES string of the molecule is Cc1cc(C)c(C)c(S(=O)(=O)N2CCN(C(=O)c3cc(Cl)c[nH]3)CC2)c1C. The molecule has 0 atom stereocenters. The number of rotatable bonds is 3. The minimum atomic E-state index is -3.61. The number of hydrogen-bond donors (Lipinski definition) is 1. The van der Waals surface area contributed by atoms with Crippen LogP contribution in [0.3, 0.4) is 0 Å². The molecule has 0 bridgehead atoms. The minimum Gasteiger partial charge on any atom is -0.356 e. The van der Waals surface area contributed by atoms with E-state index in [0.29, 0.717) is 28.7 Å². The van der Waals surface area contributed by atoms with Crippen molar-refractivity contribution < 1.29 is 13.2 Å². The molecule has 1 amide bonds. The largest absolute Gasteiger partial charge is 0.356 e. The second-order valence-corrected chi connectivity index (χ2v) is 9.33. The molecule has 0 spiro atoms. The van der Waals surface area contributed by atoms with Gasteiger partial charge in [0.05, 0.1) is 9.92 Å². The number of aromatic nitrogens is 1. The summed E-state index contributed by atoms with van der Waals surface area (Å²) >= 11 is 5.86. The molecule has 1 aliphatic rings. The third-order valence-corrected chi connectivity index (χ3v) is 7.69. The first-order valence-electron chi connectivity index (χ1n) is 8.83. The summed E-state index contributed by atoms with van der Waals surface area (Å²) in [5.74, 6) is -0.169. The predicted molar refractivity (Wildman–Crippen MR) is 106 cm³/mol. The zero-order valence-corrected chi connectivity index (χ0v) is 17.5. The summed E-state index contributed by atoms with van der Waals surface area (Å²) in [5.41, 5.74) is 3.93. The molecule has 27 heavy (non-hydrogen) atoms. The van der Waals surface area contributed by atoms with Crippen molar-refractivity contribution in [3.05, 3.63) is 51.3 Å². The second kappa shape index (κ2) is 7.30. The number of benzene rings is 1. The van der Waals surface area contributed by atoms with E-state index in [9.17, 15) is 13.2 Å². The lowest BCUT2D eigenvalue weighted by atomic mass is 10.0. The number of aryl methyl sites for hydroxylation is 2. The van der Waals surface area contributed by atoms with Crippen LogP contribution in [0.1, 0.15) is 32.7 Å².